The maximum atomic E-state index is 6.00. The third-order valence-electron chi connectivity index (χ3n) is 4.39. The van der Waals surface area contributed by atoms with Crippen LogP contribution in [0.15, 0.2) is 90.0 Å². The van der Waals surface area contributed by atoms with E-state index in [0.29, 0.717) is 17.8 Å². The van der Waals surface area contributed by atoms with Crippen LogP contribution in [-0.2, 0) is 13.0 Å². The van der Waals surface area contributed by atoms with E-state index in [4.69, 9.17) is 17.0 Å². The highest BCUT2D eigenvalue weighted by Gasteiger charge is 2.07. The second-order valence-corrected chi connectivity index (χ2v) is 6.86. The molecule has 1 aromatic heterocycles. The summed E-state index contributed by atoms with van der Waals surface area (Å²) in [6.07, 6.45) is 2.39. The SMILES string of the molecule is S=c1[nH]nc(Cc2ccccc2)n1/N=C\c1ccccc1OCc1ccccc1. The molecular formula is C23H20N4OS. The Balaban J connectivity index is 1.54. The van der Waals surface area contributed by atoms with Crippen molar-refractivity contribution in [2.24, 2.45) is 5.10 Å². The number of ether oxygens (including phenoxy) is 1. The van der Waals surface area contributed by atoms with Gasteiger partial charge in [-0.2, -0.15) is 14.9 Å². The summed E-state index contributed by atoms with van der Waals surface area (Å²) in [5.41, 5.74) is 3.13. The lowest BCUT2D eigenvalue weighted by molar-refractivity contribution is 0.306. The van der Waals surface area contributed by atoms with E-state index >= 15 is 0 Å². The molecule has 1 N–H and O–H groups in total. The summed E-state index contributed by atoms with van der Waals surface area (Å²) in [6, 6.07) is 28.0. The molecule has 5 nitrogen and oxygen atoms in total. The second kappa shape index (κ2) is 9.12. The molecule has 0 saturated carbocycles. The van der Waals surface area contributed by atoms with E-state index in [1.165, 1.54) is 0 Å². The standard InChI is InChI=1S/C23H20N4OS/c29-23-26-25-22(15-18-9-3-1-4-10-18)27(23)24-16-20-13-7-8-14-21(20)28-17-19-11-5-2-6-12-19/h1-14,16H,15,17H2,(H,26,29)/b24-16-. The van der Waals surface area contributed by atoms with E-state index in [0.717, 1.165) is 28.3 Å². The highest BCUT2D eigenvalue weighted by Crippen LogP contribution is 2.18. The average molecular weight is 401 g/mol. The third-order valence-corrected chi connectivity index (χ3v) is 4.66. The monoisotopic (exact) mass is 400 g/mol. The van der Waals surface area contributed by atoms with Crippen molar-refractivity contribution in [1.82, 2.24) is 14.9 Å². The number of hydrogen-bond acceptors (Lipinski definition) is 4. The van der Waals surface area contributed by atoms with Gasteiger partial charge in [0, 0.05) is 12.0 Å². The highest BCUT2D eigenvalue weighted by molar-refractivity contribution is 7.71. The zero-order valence-electron chi connectivity index (χ0n) is 15.7. The Hall–Kier alpha value is -3.51. The topological polar surface area (TPSA) is 55.2 Å². The van der Waals surface area contributed by atoms with E-state index in [1.54, 1.807) is 10.9 Å². The van der Waals surface area contributed by atoms with Crippen LogP contribution in [0.4, 0.5) is 0 Å². The molecule has 144 valence electrons. The molecule has 29 heavy (non-hydrogen) atoms. The Labute approximate surface area is 174 Å². The Morgan fingerprint density at radius 1 is 0.897 bits per heavy atom. The molecule has 4 rings (SSSR count). The molecule has 1 heterocycles. The van der Waals surface area contributed by atoms with Gasteiger partial charge in [-0.05, 0) is 35.5 Å². The lowest BCUT2D eigenvalue weighted by Gasteiger charge is -2.09. The number of aromatic nitrogens is 3. The summed E-state index contributed by atoms with van der Waals surface area (Å²) in [5.74, 6) is 1.51. The van der Waals surface area contributed by atoms with Gasteiger partial charge in [-0.1, -0.05) is 72.8 Å². The third kappa shape index (κ3) is 4.86. The fourth-order valence-electron chi connectivity index (χ4n) is 2.91. The first-order valence-corrected chi connectivity index (χ1v) is 9.71. The number of nitrogens with one attached hydrogen (secondary N) is 1. The zero-order valence-corrected chi connectivity index (χ0v) is 16.5. The summed E-state index contributed by atoms with van der Waals surface area (Å²) >= 11 is 5.35. The van der Waals surface area contributed by atoms with Crippen molar-refractivity contribution in [1.29, 1.82) is 0 Å². The zero-order chi connectivity index (χ0) is 19.9. The number of rotatable bonds is 7. The Kier molecular flexibility index (Phi) is 5.92. The van der Waals surface area contributed by atoms with Crippen LogP contribution < -0.4 is 4.74 Å². The van der Waals surface area contributed by atoms with E-state index in [1.807, 2.05) is 72.8 Å². The van der Waals surface area contributed by atoms with Crippen LogP contribution in [0.2, 0.25) is 0 Å². The molecule has 0 saturated heterocycles. The first kappa shape index (κ1) is 18.8. The minimum atomic E-state index is 0.454. The molecule has 0 aliphatic carbocycles. The van der Waals surface area contributed by atoms with Gasteiger partial charge in [-0.15, -0.1) is 0 Å². The van der Waals surface area contributed by atoms with Crippen LogP contribution in [0.3, 0.4) is 0 Å². The fourth-order valence-corrected chi connectivity index (χ4v) is 3.11. The number of hydrogen-bond donors (Lipinski definition) is 1. The lowest BCUT2D eigenvalue weighted by atomic mass is 10.1. The van der Waals surface area contributed by atoms with Crippen LogP contribution in [0, 0.1) is 4.77 Å². The number of H-pyrrole nitrogens is 1. The van der Waals surface area contributed by atoms with Gasteiger partial charge >= 0.3 is 0 Å². The first-order valence-electron chi connectivity index (χ1n) is 9.30. The van der Waals surface area contributed by atoms with E-state index in [-0.39, 0.29) is 0 Å². The van der Waals surface area contributed by atoms with Crippen molar-refractivity contribution in [2.75, 3.05) is 0 Å². The normalized spacial score (nSPS) is 11.0. The molecule has 0 aliphatic heterocycles. The molecule has 0 amide bonds. The summed E-state index contributed by atoms with van der Waals surface area (Å²) in [4.78, 5) is 0. The van der Waals surface area contributed by atoms with Gasteiger partial charge in [0.25, 0.3) is 0 Å². The molecular weight excluding hydrogens is 380 g/mol. The van der Waals surface area contributed by atoms with E-state index in [2.05, 4.69) is 27.4 Å². The predicted molar refractivity (Wildman–Crippen MR) is 117 cm³/mol. The molecule has 0 spiro atoms. The summed E-state index contributed by atoms with van der Waals surface area (Å²) in [5, 5.41) is 11.7. The van der Waals surface area contributed by atoms with E-state index in [9.17, 15) is 0 Å². The molecule has 0 aliphatic rings. The van der Waals surface area contributed by atoms with Crippen molar-refractivity contribution in [3.8, 4) is 5.75 Å². The Bertz CT molecular complexity index is 1150. The van der Waals surface area contributed by atoms with Crippen LogP contribution in [-0.4, -0.2) is 21.1 Å². The molecule has 0 atom stereocenters. The Morgan fingerprint density at radius 2 is 1.55 bits per heavy atom. The molecule has 0 bridgehead atoms. The van der Waals surface area contributed by atoms with E-state index < -0.39 is 0 Å². The molecule has 0 radical (unpaired) electrons. The van der Waals surface area contributed by atoms with Crippen molar-refractivity contribution in [3.63, 3.8) is 0 Å². The van der Waals surface area contributed by atoms with Gasteiger partial charge in [0.15, 0.2) is 5.82 Å². The van der Waals surface area contributed by atoms with Crippen molar-refractivity contribution in [3.05, 3.63) is 112 Å². The maximum Gasteiger partial charge on any atom is 0.216 e. The van der Waals surface area contributed by atoms with Gasteiger partial charge in [-0.25, -0.2) is 0 Å². The van der Waals surface area contributed by atoms with Gasteiger partial charge < -0.3 is 4.74 Å². The highest BCUT2D eigenvalue weighted by atomic mass is 32.1. The van der Waals surface area contributed by atoms with Gasteiger partial charge in [0.1, 0.15) is 12.4 Å². The largest absolute Gasteiger partial charge is 0.488 e. The molecule has 0 unspecified atom stereocenters. The first-order chi connectivity index (χ1) is 14.3. The molecule has 6 heteroatoms. The van der Waals surface area contributed by atoms with Crippen molar-refractivity contribution >= 4 is 18.4 Å². The number of benzene rings is 3. The maximum absolute atomic E-state index is 6.00. The number of nitrogens with zero attached hydrogens (tertiary/aromatic N) is 3. The predicted octanol–water partition coefficient (Wildman–Crippen LogP) is 4.99. The van der Waals surface area contributed by atoms with Gasteiger partial charge in [-0.3, -0.25) is 5.10 Å². The smallest absolute Gasteiger partial charge is 0.216 e. The van der Waals surface area contributed by atoms with Crippen LogP contribution in [0.5, 0.6) is 5.75 Å². The van der Waals surface area contributed by atoms with Crippen LogP contribution >= 0.6 is 12.2 Å². The number of para-hydroxylation sites is 1. The summed E-state index contributed by atoms with van der Waals surface area (Å²) in [7, 11) is 0. The summed E-state index contributed by atoms with van der Waals surface area (Å²) in [6.45, 7) is 0.496. The number of aromatic amines is 1. The van der Waals surface area contributed by atoms with Crippen LogP contribution in [0.1, 0.15) is 22.5 Å². The van der Waals surface area contributed by atoms with Gasteiger partial charge in [0.05, 0.1) is 6.21 Å². The Morgan fingerprint density at radius 3 is 2.31 bits per heavy atom. The average Bonchev–Trinajstić information content (AvgIpc) is 3.12. The quantitative estimate of drug-likeness (QED) is 0.351. The summed E-state index contributed by atoms with van der Waals surface area (Å²) < 4.78 is 8.10. The fraction of sp³-hybridized carbons (Fsp3) is 0.0870. The molecule has 3 aromatic carbocycles. The van der Waals surface area contributed by atoms with Crippen molar-refractivity contribution < 1.29 is 4.74 Å². The minimum absolute atomic E-state index is 0.454. The minimum Gasteiger partial charge on any atom is -0.488 e. The van der Waals surface area contributed by atoms with Gasteiger partial charge in [0.2, 0.25) is 4.77 Å². The van der Waals surface area contributed by atoms with Crippen LogP contribution in [0.25, 0.3) is 0 Å². The molecule has 4 aromatic rings. The second-order valence-electron chi connectivity index (χ2n) is 6.48. The lowest BCUT2D eigenvalue weighted by Crippen LogP contribution is -2.02. The molecule has 0 fully saturated rings. The van der Waals surface area contributed by atoms with Crippen molar-refractivity contribution in [2.45, 2.75) is 13.0 Å².